The Morgan fingerprint density at radius 2 is 1.43 bits per heavy atom. The number of halogens is 1. The molecule has 0 aliphatic heterocycles. The molecule has 0 fully saturated rings. The van der Waals surface area contributed by atoms with E-state index in [1.807, 2.05) is 48.5 Å². The summed E-state index contributed by atoms with van der Waals surface area (Å²) >= 11 is 0. The van der Waals surface area contributed by atoms with Crippen LogP contribution in [0.4, 0.5) is 4.39 Å². The standard InChI is InChI=1S/C25H24FO3P/c1-27-19-28-18-25(20-12-14-22(26)15-13-20)16-21(25)17-29-30(23-8-4-2-5-9-23)24-10-6-3-7-11-24/h2-16H,17-19H2,1H3. The largest absolute Gasteiger partial charge is 0.359 e. The maximum Gasteiger partial charge on any atom is 0.146 e. The third-order valence-electron chi connectivity index (χ3n) is 5.13. The summed E-state index contributed by atoms with van der Waals surface area (Å²) in [5, 5.41) is 2.34. The van der Waals surface area contributed by atoms with Crippen LogP contribution in [-0.4, -0.2) is 27.1 Å². The molecule has 1 aliphatic carbocycles. The van der Waals surface area contributed by atoms with Gasteiger partial charge in [-0.15, -0.1) is 0 Å². The Bertz CT molecular complexity index is 937. The van der Waals surface area contributed by atoms with E-state index in [1.165, 1.54) is 22.7 Å². The van der Waals surface area contributed by atoms with E-state index in [1.54, 1.807) is 7.11 Å². The van der Waals surface area contributed by atoms with Gasteiger partial charge in [-0.05, 0) is 23.3 Å². The molecule has 5 heteroatoms. The van der Waals surface area contributed by atoms with E-state index >= 15 is 0 Å². The molecule has 1 atom stereocenters. The van der Waals surface area contributed by atoms with Gasteiger partial charge in [0.1, 0.15) is 12.6 Å². The van der Waals surface area contributed by atoms with Crippen molar-refractivity contribution in [3.05, 3.63) is 108 Å². The second-order valence-corrected chi connectivity index (χ2v) is 9.02. The molecule has 0 aromatic heterocycles. The zero-order valence-corrected chi connectivity index (χ0v) is 17.7. The Balaban J connectivity index is 1.51. The van der Waals surface area contributed by atoms with Crippen LogP contribution >= 0.6 is 8.15 Å². The van der Waals surface area contributed by atoms with Crippen molar-refractivity contribution in [2.45, 2.75) is 5.41 Å². The molecule has 154 valence electrons. The highest BCUT2D eigenvalue weighted by Gasteiger charge is 2.46. The fourth-order valence-electron chi connectivity index (χ4n) is 3.51. The van der Waals surface area contributed by atoms with Gasteiger partial charge in [0, 0.05) is 17.7 Å². The number of benzene rings is 3. The lowest BCUT2D eigenvalue weighted by Gasteiger charge is -2.22. The maximum atomic E-state index is 13.4. The van der Waals surface area contributed by atoms with Crippen LogP contribution in [0, 0.1) is 5.82 Å². The SMILES string of the molecule is COCOCC1(c2ccc(F)cc2)C=C1COP(c1ccccc1)c1ccccc1. The molecule has 0 saturated heterocycles. The highest BCUT2D eigenvalue weighted by Crippen LogP contribution is 2.49. The summed E-state index contributed by atoms with van der Waals surface area (Å²) in [6.45, 7) is 1.15. The van der Waals surface area contributed by atoms with Crippen LogP contribution < -0.4 is 10.6 Å². The Kier molecular flexibility index (Phi) is 6.71. The minimum atomic E-state index is -0.941. The first-order valence-corrected chi connectivity index (χ1v) is 11.1. The van der Waals surface area contributed by atoms with Gasteiger partial charge in [0.25, 0.3) is 0 Å². The summed E-state index contributed by atoms with van der Waals surface area (Å²) in [6.07, 6.45) is 2.15. The lowest BCUT2D eigenvalue weighted by Crippen LogP contribution is -2.22. The average molecular weight is 422 g/mol. The first-order chi connectivity index (χ1) is 14.7. The van der Waals surface area contributed by atoms with Gasteiger partial charge in [0.15, 0.2) is 0 Å². The van der Waals surface area contributed by atoms with Crippen LogP contribution in [0.15, 0.2) is 96.6 Å². The van der Waals surface area contributed by atoms with Gasteiger partial charge in [0.05, 0.1) is 26.8 Å². The van der Waals surface area contributed by atoms with E-state index in [0.29, 0.717) is 13.2 Å². The fraction of sp³-hybridized carbons (Fsp3) is 0.200. The molecule has 0 saturated carbocycles. The predicted octanol–water partition coefficient (Wildman–Crippen LogP) is 4.69. The molecule has 4 rings (SSSR count). The summed E-state index contributed by atoms with van der Waals surface area (Å²) < 4.78 is 30.6. The minimum absolute atomic E-state index is 0.214. The second-order valence-electron chi connectivity index (χ2n) is 7.14. The smallest absolute Gasteiger partial charge is 0.146 e. The lowest BCUT2D eigenvalue weighted by molar-refractivity contribution is -0.0370. The number of rotatable bonds is 10. The molecule has 0 N–H and O–H groups in total. The molecule has 0 spiro atoms. The quantitative estimate of drug-likeness (QED) is 0.205. The highest BCUT2D eigenvalue weighted by molar-refractivity contribution is 7.68. The second kappa shape index (κ2) is 9.63. The normalized spacial score (nSPS) is 17.8. The molecular weight excluding hydrogens is 398 g/mol. The monoisotopic (exact) mass is 422 g/mol. The molecule has 0 heterocycles. The Hall–Kier alpha value is -2.36. The van der Waals surface area contributed by atoms with Crippen LogP contribution in [-0.2, 0) is 19.4 Å². The maximum absolute atomic E-state index is 13.4. The molecule has 0 bridgehead atoms. The minimum Gasteiger partial charge on any atom is -0.359 e. The van der Waals surface area contributed by atoms with Gasteiger partial charge in [-0.25, -0.2) is 4.39 Å². The summed E-state index contributed by atoms with van der Waals surface area (Å²) in [5.41, 5.74) is 1.78. The Morgan fingerprint density at radius 3 is 2.00 bits per heavy atom. The molecule has 0 amide bonds. The van der Waals surface area contributed by atoms with Crippen molar-refractivity contribution in [3.8, 4) is 0 Å². The zero-order chi connectivity index (χ0) is 20.8. The van der Waals surface area contributed by atoms with Crippen LogP contribution in [0.3, 0.4) is 0 Å². The van der Waals surface area contributed by atoms with Crippen molar-refractivity contribution < 1.29 is 18.4 Å². The van der Waals surface area contributed by atoms with Crippen molar-refractivity contribution in [1.82, 2.24) is 0 Å². The van der Waals surface area contributed by atoms with Crippen LogP contribution in [0.2, 0.25) is 0 Å². The first-order valence-electron chi connectivity index (χ1n) is 9.81. The predicted molar refractivity (Wildman–Crippen MR) is 119 cm³/mol. The molecule has 30 heavy (non-hydrogen) atoms. The van der Waals surface area contributed by atoms with Crippen LogP contribution in [0.5, 0.6) is 0 Å². The summed E-state index contributed by atoms with van der Waals surface area (Å²) in [5.74, 6) is -0.248. The molecule has 1 unspecified atom stereocenters. The first kappa shape index (κ1) is 20.9. The fourth-order valence-corrected chi connectivity index (χ4v) is 5.26. The van der Waals surface area contributed by atoms with E-state index < -0.39 is 8.15 Å². The van der Waals surface area contributed by atoms with Gasteiger partial charge >= 0.3 is 0 Å². The number of methoxy groups -OCH3 is 1. The van der Waals surface area contributed by atoms with Gasteiger partial charge in [0.2, 0.25) is 0 Å². The third-order valence-corrected chi connectivity index (χ3v) is 7.05. The highest BCUT2D eigenvalue weighted by atomic mass is 31.1. The van der Waals surface area contributed by atoms with E-state index in [4.69, 9.17) is 14.0 Å². The zero-order valence-electron chi connectivity index (χ0n) is 16.8. The number of hydrogen-bond acceptors (Lipinski definition) is 3. The Labute approximate surface area is 177 Å². The molecule has 1 aliphatic rings. The molecule has 3 aromatic carbocycles. The van der Waals surface area contributed by atoms with Gasteiger partial charge in [-0.3, -0.25) is 0 Å². The molecule has 3 aromatic rings. The number of ether oxygens (including phenoxy) is 2. The lowest BCUT2D eigenvalue weighted by atomic mass is 9.91. The van der Waals surface area contributed by atoms with Crippen molar-refractivity contribution in [1.29, 1.82) is 0 Å². The van der Waals surface area contributed by atoms with Gasteiger partial charge in [-0.1, -0.05) is 78.9 Å². The van der Waals surface area contributed by atoms with Crippen molar-refractivity contribution >= 4 is 18.8 Å². The third kappa shape index (κ3) is 4.69. The topological polar surface area (TPSA) is 27.7 Å². The van der Waals surface area contributed by atoms with Crippen LogP contribution in [0.1, 0.15) is 5.56 Å². The van der Waals surface area contributed by atoms with E-state index in [9.17, 15) is 4.39 Å². The van der Waals surface area contributed by atoms with Gasteiger partial charge < -0.3 is 14.0 Å². The molecular formula is C25H24FO3P. The number of hydrogen-bond donors (Lipinski definition) is 0. The van der Waals surface area contributed by atoms with E-state index in [-0.39, 0.29) is 18.0 Å². The average Bonchev–Trinajstić information content (AvgIpc) is 3.50. The van der Waals surface area contributed by atoms with Crippen molar-refractivity contribution in [2.24, 2.45) is 0 Å². The van der Waals surface area contributed by atoms with E-state index in [0.717, 1.165) is 11.1 Å². The van der Waals surface area contributed by atoms with Crippen molar-refractivity contribution in [2.75, 3.05) is 27.1 Å². The molecule has 0 radical (unpaired) electrons. The van der Waals surface area contributed by atoms with Crippen molar-refractivity contribution in [3.63, 3.8) is 0 Å². The van der Waals surface area contributed by atoms with Crippen LogP contribution in [0.25, 0.3) is 0 Å². The molecule has 3 nitrogen and oxygen atoms in total. The summed E-state index contributed by atoms with van der Waals surface area (Å²) in [4.78, 5) is 0. The van der Waals surface area contributed by atoms with E-state index in [2.05, 4.69) is 30.3 Å². The van der Waals surface area contributed by atoms with Gasteiger partial charge in [-0.2, -0.15) is 0 Å². The summed E-state index contributed by atoms with van der Waals surface area (Å²) in [7, 11) is 0.658. The summed E-state index contributed by atoms with van der Waals surface area (Å²) in [6, 6.07) is 27.2. The Morgan fingerprint density at radius 1 is 0.833 bits per heavy atom.